The van der Waals surface area contributed by atoms with Crippen LogP contribution >= 0.6 is 11.6 Å². The molecule has 3 amide bonds. The second-order valence-electron chi connectivity index (χ2n) is 6.00. The van der Waals surface area contributed by atoms with Gasteiger partial charge in [-0.25, -0.2) is 15.7 Å². The molecular formula is C19H25ClN4O3. The minimum Gasteiger partial charge on any atom is -0.295 e. The zero-order chi connectivity index (χ0) is 19.6. The lowest BCUT2D eigenvalue weighted by Gasteiger charge is -2.24. The van der Waals surface area contributed by atoms with E-state index in [-0.39, 0.29) is 25.1 Å². The van der Waals surface area contributed by atoms with Gasteiger partial charge in [-0.1, -0.05) is 48.4 Å². The molecule has 2 rings (SSSR count). The smallest absolute Gasteiger partial charge is 0.295 e. The standard InChI is InChI=1S/C19H25ClN4O3/c1-3-16-7-6-10-23(14-16)19(26)22-27-12-11-24(15(2)25)21-13-17-8-4-5-9-18(17)20/h4-10,21H,3,11-14H2,1-2H3,(H,22,26). The SMILES string of the molecule is CCC1=CC=CN(C(=O)NOCCN(NCc2ccccc2Cl)C(C)=O)C1. The van der Waals surface area contributed by atoms with Crippen LogP contribution in [0.1, 0.15) is 25.8 Å². The van der Waals surface area contributed by atoms with Crippen molar-refractivity contribution < 1.29 is 14.4 Å². The van der Waals surface area contributed by atoms with E-state index in [0.717, 1.165) is 12.0 Å². The Morgan fingerprint density at radius 1 is 1.33 bits per heavy atom. The molecule has 0 fully saturated rings. The van der Waals surface area contributed by atoms with Gasteiger partial charge in [0.15, 0.2) is 0 Å². The maximum atomic E-state index is 12.1. The largest absolute Gasteiger partial charge is 0.345 e. The van der Waals surface area contributed by atoms with Crippen LogP contribution in [0.5, 0.6) is 0 Å². The summed E-state index contributed by atoms with van der Waals surface area (Å²) in [5.74, 6) is -0.159. The lowest BCUT2D eigenvalue weighted by Crippen LogP contribution is -2.45. The minimum absolute atomic E-state index is 0.148. The first kappa shape index (κ1) is 21.0. The summed E-state index contributed by atoms with van der Waals surface area (Å²) in [6, 6.07) is 7.07. The van der Waals surface area contributed by atoms with Crippen LogP contribution in [0, 0.1) is 0 Å². The Morgan fingerprint density at radius 2 is 2.11 bits per heavy atom. The number of hydrogen-bond donors (Lipinski definition) is 2. The molecule has 0 radical (unpaired) electrons. The number of nitrogens with zero attached hydrogens (tertiary/aromatic N) is 2. The van der Waals surface area contributed by atoms with Gasteiger partial charge in [-0.2, -0.15) is 0 Å². The van der Waals surface area contributed by atoms with E-state index in [4.69, 9.17) is 16.4 Å². The highest BCUT2D eigenvalue weighted by Gasteiger charge is 2.15. The molecule has 0 aliphatic carbocycles. The molecule has 0 spiro atoms. The second-order valence-corrected chi connectivity index (χ2v) is 6.41. The summed E-state index contributed by atoms with van der Waals surface area (Å²) in [6.45, 7) is 4.88. The fourth-order valence-electron chi connectivity index (χ4n) is 2.45. The molecule has 1 aliphatic rings. The number of allylic oxidation sites excluding steroid dienone is 2. The van der Waals surface area contributed by atoms with Crippen molar-refractivity contribution in [3.8, 4) is 0 Å². The third kappa shape index (κ3) is 6.71. The van der Waals surface area contributed by atoms with Crippen LogP contribution < -0.4 is 10.9 Å². The van der Waals surface area contributed by atoms with Crippen LogP contribution in [0.4, 0.5) is 4.79 Å². The van der Waals surface area contributed by atoms with E-state index >= 15 is 0 Å². The van der Waals surface area contributed by atoms with E-state index in [1.54, 1.807) is 12.3 Å². The predicted octanol–water partition coefficient (Wildman–Crippen LogP) is 3.00. The van der Waals surface area contributed by atoms with Crippen molar-refractivity contribution in [2.24, 2.45) is 0 Å². The summed E-state index contributed by atoms with van der Waals surface area (Å²) in [6.07, 6.45) is 6.42. The number of hydrogen-bond acceptors (Lipinski definition) is 4. The number of benzene rings is 1. The summed E-state index contributed by atoms with van der Waals surface area (Å²) in [4.78, 5) is 30.6. The van der Waals surface area contributed by atoms with Crippen molar-refractivity contribution in [1.82, 2.24) is 20.8 Å². The Balaban J connectivity index is 1.72. The number of urea groups is 1. The number of hydrazine groups is 1. The van der Waals surface area contributed by atoms with Gasteiger partial charge in [0.05, 0.1) is 13.2 Å². The Morgan fingerprint density at radius 3 is 2.81 bits per heavy atom. The Hall–Kier alpha value is -2.35. The van der Waals surface area contributed by atoms with Gasteiger partial charge in [-0.05, 0) is 24.1 Å². The van der Waals surface area contributed by atoms with Gasteiger partial charge in [0, 0.05) is 31.2 Å². The lowest BCUT2D eigenvalue weighted by atomic mass is 10.1. The van der Waals surface area contributed by atoms with Gasteiger partial charge in [0.25, 0.3) is 0 Å². The molecule has 0 saturated carbocycles. The zero-order valence-corrected chi connectivity index (χ0v) is 16.3. The van der Waals surface area contributed by atoms with Crippen LogP contribution in [0.3, 0.4) is 0 Å². The molecule has 0 bridgehead atoms. The number of carbonyl (C=O) groups is 2. The minimum atomic E-state index is -0.344. The van der Waals surface area contributed by atoms with Gasteiger partial charge in [0.1, 0.15) is 0 Å². The molecule has 0 unspecified atom stereocenters. The summed E-state index contributed by atoms with van der Waals surface area (Å²) in [5, 5.41) is 2.06. The molecule has 1 aromatic carbocycles. The average Bonchev–Trinajstić information content (AvgIpc) is 2.68. The first-order valence-electron chi connectivity index (χ1n) is 8.81. The van der Waals surface area contributed by atoms with Gasteiger partial charge < -0.3 is 0 Å². The molecule has 1 heterocycles. The first-order valence-corrected chi connectivity index (χ1v) is 9.18. The second kappa shape index (κ2) is 10.7. The molecule has 7 nitrogen and oxygen atoms in total. The van der Waals surface area contributed by atoms with Crippen LogP contribution in [0.15, 0.2) is 48.2 Å². The molecule has 1 aromatic rings. The maximum absolute atomic E-state index is 12.1. The van der Waals surface area contributed by atoms with Crippen LogP contribution in [0.2, 0.25) is 5.02 Å². The zero-order valence-electron chi connectivity index (χ0n) is 15.6. The molecule has 27 heavy (non-hydrogen) atoms. The Bertz CT molecular complexity index is 721. The Kier molecular flexibility index (Phi) is 8.32. The summed E-state index contributed by atoms with van der Waals surface area (Å²) in [5.41, 5.74) is 7.47. The van der Waals surface area contributed by atoms with Crippen LogP contribution in [-0.4, -0.2) is 41.5 Å². The normalized spacial score (nSPS) is 13.3. The fourth-order valence-corrected chi connectivity index (χ4v) is 2.66. The molecule has 146 valence electrons. The van der Waals surface area contributed by atoms with Crippen molar-refractivity contribution in [1.29, 1.82) is 0 Å². The van der Waals surface area contributed by atoms with E-state index in [0.29, 0.717) is 18.1 Å². The summed E-state index contributed by atoms with van der Waals surface area (Å²) >= 11 is 6.11. The fraction of sp³-hybridized carbons (Fsp3) is 0.368. The van der Waals surface area contributed by atoms with Gasteiger partial charge in [-0.3, -0.25) is 19.5 Å². The predicted molar refractivity (Wildman–Crippen MR) is 104 cm³/mol. The number of rotatable bonds is 8. The number of halogens is 1. The molecule has 0 aromatic heterocycles. The quantitative estimate of drug-likeness (QED) is 0.527. The van der Waals surface area contributed by atoms with Crippen molar-refractivity contribution >= 4 is 23.5 Å². The first-order chi connectivity index (χ1) is 13.0. The van der Waals surface area contributed by atoms with Crippen molar-refractivity contribution in [2.75, 3.05) is 19.7 Å². The molecule has 1 aliphatic heterocycles. The molecule has 0 atom stereocenters. The lowest BCUT2D eigenvalue weighted by molar-refractivity contribution is -0.133. The van der Waals surface area contributed by atoms with Gasteiger partial charge in [0.2, 0.25) is 5.91 Å². The molecule has 2 N–H and O–H groups in total. The summed E-state index contributed by atoms with van der Waals surface area (Å²) < 4.78 is 0. The highest BCUT2D eigenvalue weighted by molar-refractivity contribution is 6.31. The van der Waals surface area contributed by atoms with E-state index in [2.05, 4.69) is 10.9 Å². The number of hydroxylamine groups is 1. The van der Waals surface area contributed by atoms with E-state index in [1.807, 2.05) is 37.3 Å². The van der Waals surface area contributed by atoms with Gasteiger partial charge in [-0.15, -0.1) is 0 Å². The van der Waals surface area contributed by atoms with Crippen LogP contribution in [-0.2, 0) is 16.2 Å². The van der Waals surface area contributed by atoms with Crippen LogP contribution in [0.25, 0.3) is 0 Å². The van der Waals surface area contributed by atoms with E-state index < -0.39 is 0 Å². The number of nitrogens with one attached hydrogen (secondary N) is 2. The van der Waals surface area contributed by atoms with Crippen molar-refractivity contribution in [2.45, 2.75) is 26.8 Å². The van der Waals surface area contributed by atoms with Crippen molar-refractivity contribution in [3.05, 3.63) is 58.8 Å². The topological polar surface area (TPSA) is 73.9 Å². The molecule has 8 heteroatoms. The third-order valence-electron chi connectivity index (χ3n) is 4.06. The molecular weight excluding hydrogens is 368 g/mol. The van der Waals surface area contributed by atoms with Crippen molar-refractivity contribution in [3.63, 3.8) is 0 Å². The van der Waals surface area contributed by atoms with E-state index in [1.165, 1.54) is 22.4 Å². The molecule has 0 saturated heterocycles. The monoisotopic (exact) mass is 392 g/mol. The maximum Gasteiger partial charge on any atom is 0.345 e. The van der Waals surface area contributed by atoms with E-state index in [9.17, 15) is 9.59 Å². The highest BCUT2D eigenvalue weighted by Crippen LogP contribution is 2.14. The third-order valence-corrected chi connectivity index (χ3v) is 4.43. The Labute approximate surface area is 164 Å². The highest BCUT2D eigenvalue weighted by atomic mass is 35.5. The summed E-state index contributed by atoms with van der Waals surface area (Å²) in [7, 11) is 0. The van der Waals surface area contributed by atoms with Gasteiger partial charge >= 0.3 is 6.03 Å². The number of carbonyl (C=O) groups excluding carboxylic acids is 2. The average molecular weight is 393 g/mol. The number of amides is 3.